The van der Waals surface area contributed by atoms with Crippen LogP contribution in [0.25, 0.3) is 0 Å². The molecular weight excluding hydrogens is 373 g/mol. The van der Waals surface area contributed by atoms with E-state index in [-0.39, 0.29) is 0 Å². The highest BCUT2D eigenvalue weighted by molar-refractivity contribution is 7.17. The first-order valence-electron chi connectivity index (χ1n) is 7.42. The number of anilines is 2. The summed E-state index contributed by atoms with van der Waals surface area (Å²) in [7, 11) is 0. The van der Waals surface area contributed by atoms with Crippen LogP contribution in [0.15, 0.2) is 29.4 Å². The Bertz CT molecular complexity index is 685. The number of hydrogen-bond acceptors (Lipinski definition) is 4. The molecule has 0 bridgehead atoms. The van der Waals surface area contributed by atoms with E-state index < -0.39 is 0 Å². The number of hydrazone groups is 1. The van der Waals surface area contributed by atoms with Crippen LogP contribution in [0.2, 0.25) is 15.1 Å². The fourth-order valence-electron chi connectivity index (χ4n) is 2.51. The summed E-state index contributed by atoms with van der Waals surface area (Å²) in [6.07, 6.45) is 5.66. The van der Waals surface area contributed by atoms with Gasteiger partial charge < -0.3 is 4.90 Å². The predicted octanol–water partition coefficient (Wildman–Crippen LogP) is 6.14. The molecule has 2 aromatic rings. The number of nitrogens with zero attached hydrogens (tertiary/aromatic N) is 2. The molecule has 23 heavy (non-hydrogen) atoms. The third kappa shape index (κ3) is 4.32. The highest BCUT2D eigenvalue weighted by atomic mass is 35.5. The van der Waals surface area contributed by atoms with Crippen molar-refractivity contribution in [3.63, 3.8) is 0 Å². The summed E-state index contributed by atoms with van der Waals surface area (Å²) in [4.78, 5) is 3.52. The zero-order valence-corrected chi connectivity index (χ0v) is 15.4. The van der Waals surface area contributed by atoms with Gasteiger partial charge in [0, 0.05) is 23.0 Å². The first kappa shape index (κ1) is 16.9. The van der Waals surface area contributed by atoms with Gasteiger partial charge in [-0.15, -0.1) is 11.3 Å². The molecule has 1 N–H and O–H groups in total. The van der Waals surface area contributed by atoms with Gasteiger partial charge in [0.15, 0.2) is 0 Å². The van der Waals surface area contributed by atoms with E-state index in [2.05, 4.69) is 27.6 Å². The van der Waals surface area contributed by atoms with Gasteiger partial charge in [0.2, 0.25) is 0 Å². The Morgan fingerprint density at radius 3 is 2.43 bits per heavy atom. The van der Waals surface area contributed by atoms with Gasteiger partial charge in [0.1, 0.15) is 0 Å². The standard InChI is InChI=1S/C16H16Cl3N3S/c17-11-8-13(18)16(14(19)9-11)21-20-10-12-4-5-15(23-12)22-6-2-1-3-7-22/h4-5,8-10,21H,1-3,6-7H2/b20-10-. The van der Waals surface area contributed by atoms with Crippen molar-refractivity contribution < 1.29 is 0 Å². The van der Waals surface area contributed by atoms with Crippen LogP contribution in [-0.4, -0.2) is 19.3 Å². The van der Waals surface area contributed by atoms with Crippen LogP contribution < -0.4 is 10.3 Å². The molecule has 1 saturated heterocycles. The molecule has 0 aliphatic carbocycles. The maximum Gasteiger partial charge on any atom is 0.0935 e. The molecule has 0 amide bonds. The quantitative estimate of drug-likeness (QED) is 0.503. The second-order valence-corrected chi connectivity index (χ2v) is 7.68. The van der Waals surface area contributed by atoms with E-state index in [9.17, 15) is 0 Å². The fraction of sp³-hybridized carbons (Fsp3) is 0.312. The molecule has 7 heteroatoms. The molecule has 0 saturated carbocycles. The van der Waals surface area contributed by atoms with Gasteiger partial charge in [-0.25, -0.2) is 0 Å². The zero-order chi connectivity index (χ0) is 16.2. The molecule has 0 atom stereocenters. The third-order valence-electron chi connectivity index (χ3n) is 3.66. The highest BCUT2D eigenvalue weighted by Crippen LogP contribution is 2.33. The van der Waals surface area contributed by atoms with Gasteiger partial charge in [-0.05, 0) is 43.5 Å². The largest absolute Gasteiger partial charge is 0.363 e. The van der Waals surface area contributed by atoms with E-state index >= 15 is 0 Å². The molecule has 122 valence electrons. The Morgan fingerprint density at radius 2 is 1.74 bits per heavy atom. The minimum absolute atomic E-state index is 0.444. The second kappa shape index (κ2) is 7.75. The molecule has 0 radical (unpaired) electrons. The Morgan fingerprint density at radius 1 is 1.04 bits per heavy atom. The van der Waals surface area contributed by atoms with Gasteiger partial charge in [-0.2, -0.15) is 5.10 Å². The molecule has 3 nitrogen and oxygen atoms in total. The molecule has 1 aromatic carbocycles. The van der Waals surface area contributed by atoms with Crippen LogP contribution in [0.1, 0.15) is 24.1 Å². The lowest BCUT2D eigenvalue weighted by atomic mass is 10.1. The van der Waals surface area contributed by atoms with Gasteiger partial charge in [0.25, 0.3) is 0 Å². The Kier molecular flexibility index (Phi) is 5.70. The van der Waals surface area contributed by atoms with Crippen molar-refractivity contribution in [1.29, 1.82) is 0 Å². The van der Waals surface area contributed by atoms with Gasteiger partial charge in [-0.3, -0.25) is 5.43 Å². The molecule has 1 fully saturated rings. The van der Waals surface area contributed by atoms with Crippen LogP contribution in [0.5, 0.6) is 0 Å². The summed E-state index contributed by atoms with van der Waals surface area (Å²) in [5.41, 5.74) is 3.44. The summed E-state index contributed by atoms with van der Waals surface area (Å²) >= 11 is 19.9. The molecule has 2 heterocycles. The summed E-state index contributed by atoms with van der Waals surface area (Å²) in [6, 6.07) is 7.49. The molecule has 0 unspecified atom stereocenters. The van der Waals surface area contributed by atoms with Gasteiger partial charge in [-0.1, -0.05) is 34.8 Å². The van der Waals surface area contributed by atoms with Crippen molar-refractivity contribution in [3.8, 4) is 0 Å². The van der Waals surface area contributed by atoms with E-state index in [1.807, 2.05) is 0 Å². The van der Waals surface area contributed by atoms with Crippen molar-refractivity contribution in [2.45, 2.75) is 19.3 Å². The Labute approximate surface area is 154 Å². The first-order valence-corrected chi connectivity index (χ1v) is 9.37. The third-order valence-corrected chi connectivity index (χ3v) is 5.55. The Hall–Kier alpha value is -0.940. The number of halogens is 3. The lowest BCUT2D eigenvalue weighted by Crippen LogP contribution is -2.28. The number of hydrogen-bond donors (Lipinski definition) is 1. The van der Waals surface area contributed by atoms with Crippen LogP contribution >= 0.6 is 46.1 Å². The average Bonchev–Trinajstić information content (AvgIpc) is 2.99. The van der Waals surface area contributed by atoms with Crippen molar-refractivity contribution >= 4 is 63.0 Å². The SMILES string of the molecule is Clc1cc(Cl)c(N/N=C\c2ccc(N3CCCCC3)s2)c(Cl)c1. The maximum absolute atomic E-state index is 6.11. The lowest BCUT2D eigenvalue weighted by Gasteiger charge is -2.27. The number of benzene rings is 1. The van der Waals surface area contributed by atoms with Crippen molar-refractivity contribution in [3.05, 3.63) is 44.2 Å². The van der Waals surface area contributed by atoms with E-state index in [1.165, 1.54) is 24.3 Å². The molecule has 1 aliphatic heterocycles. The summed E-state index contributed by atoms with van der Waals surface area (Å²) < 4.78 is 0. The van der Waals surface area contributed by atoms with Gasteiger partial charge in [0.05, 0.1) is 26.9 Å². The lowest BCUT2D eigenvalue weighted by molar-refractivity contribution is 0.580. The van der Waals surface area contributed by atoms with Crippen molar-refractivity contribution in [1.82, 2.24) is 0 Å². The monoisotopic (exact) mass is 387 g/mol. The smallest absolute Gasteiger partial charge is 0.0935 e. The number of nitrogens with one attached hydrogen (secondary N) is 1. The van der Waals surface area contributed by atoms with E-state index in [0.29, 0.717) is 20.8 Å². The maximum atomic E-state index is 6.11. The van der Waals surface area contributed by atoms with Crippen molar-refractivity contribution in [2.24, 2.45) is 5.10 Å². The molecular formula is C16H16Cl3N3S. The fourth-order valence-corrected chi connectivity index (χ4v) is 4.34. The van der Waals surface area contributed by atoms with E-state index in [4.69, 9.17) is 34.8 Å². The number of rotatable bonds is 4. The van der Waals surface area contributed by atoms with Crippen LogP contribution in [-0.2, 0) is 0 Å². The normalized spacial score (nSPS) is 15.3. The second-order valence-electron chi connectivity index (χ2n) is 5.34. The predicted molar refractivity (Wildman–Crippen MR) is 103 cm³/mol. The molecule has 0 spiro atoms. The van der Waals surface area contributed by atoms with Crippen LogP contribution in [0, 0.1) is 0 Å². The summed E-state index contributed by atoms with van der Waals surface area (Å²) in [5.74, 6) is 0. The van der Waals surface area contributed by atoms with E-state index in [1.54, 1.807) is 29.7 Å². The molecule has 1 aliphatic rings. The van der Waals surface area contributed by atoms with Gasteiger partial charge >= 0.3 is 0 Å². The number of thiophene rings is 1. The number of piperidine rings is 1. The molecule has 1 aromatic heterocycles. The minimum atomic E-state index is 0.444. The summed E-state index contributed by atoms with van der Waals surface area (Å²) in [5, 5.41) is 6.91. The van der Waals surface area contributed by atoms with E-state index in [0.717, 1.165) is 18.0 Å². The minimum Gasteiger partial charge on any atom is -0.363 e. The average molecular weight is 389 g/mol. The Balaban J connectivity index is 1.66. The topological polar surface area (TPSA) is 27.6 Å². The van der Waals surface area contributed by atoms with Crippen LogP contribution in [0.3, 0.4) is 0 Å². The van der Waals surface area contributed by atoms with Crippen molar-refractivity contribution in [2.75, 3.05) is 23.4 Å². The highest BCUT2D eigenvalue weighted by Gasteiger charge is 2.12. The first-order chi connectivity index (χ1) is 11.1. The molecule has 3 rings (SSSR count). The zero-order valence-electron chi connectivity index (χ0n) is 12.4. The van der Waals surface area contributed by atoms with Crippen LogP contribution in [0.4, 0.5) is 10.7 Å². The summed E-state index contributed by atoms with van der Waals surface area (Å²) in [6.45, 7) is 2.29.